The second-order valence-corrected chi connectivity index (χ2v) is 7.26. The minimum absolute atomic E-state index is 0.114. The van der Waals surface area contributed by atoms with Gasteiger partial charge in [-0.25, -0.2) is 9.97 Å². The maximum Gasteiger partial charge on any atom is 0.437 e. The smallest absolute Gasteiger partial charge is 0.437 e. The SMILES string of the molecule is CC[C@H]1CN(c2ccc(OC)c(C(F)(F)F)n2)CCN1c1ccnc2c1cnn2C. The zero-order valence-electron chi connectivity index (χ0n) is 17.0. The first-order valence-electron chi connectivity index (χ1n) is 9.74. The quantitative estimate of drug-likeness (QED) is 0.644. The molecule has 1 fully saturated rings. The number of methoxy groups -OCH3 is 1. The Kier molecular flexibility index (Phi) is 5.17. The number of hydrogen-bond donors (Lipinski definition) is 0. The second kappa shape index (κ2) is 7.66. The standard InChI is InChI=1S/C20H23F3N6O/c1-4-13-12-28(17-6-5-16(30-3)18(26-17)20(21,22)23)9-10-29(13)15-7-8-24-19-14(15)11-25-27(19)2/h5-8,11,13H,4,9-10,12H2,1-3H3/t13-/m0/s1. The monoisotopic (exact) mass is 420 g/mol. The Labute approximate surface area is 172 Å². The van der Waals surface area contributed by atoms with Gasteiger partial charge in [0.2, 0.25) is 0 Å². The molecule has 0 saturated carbocycles. The van der Waals surface area contributed by atoms with Gasteiger partial charge in [-0.2, -0.15) is 18.3 Å². The number of alkyl halides is 3. The number of halogens is 3. The third-order valence-corrected chi connectivity index (χ3v) is 5.53. The summed E-state index contributed by atoms with van der Waals surface area (Å²) in [6.45, 7) is 3.85. The van der Waals surface area contributed by atoms with Crippen LogP contribution in [0, 0.1) is 0 Å². The molecule has 3 aromatic rings. The molecule has 3 aromatic heterocycles. The van der Waals surface area contributed by atoms with Gasteiger partial charge in [-0.15, -0.1) is 0 Å². The molecule has 160 valence electrons. The Morgan fingerprint density at radius 1 is 1.20 bits per heavy atom. The molecule has 0 radical (unpaired) electrons. The highest BCUT2D eigenvalue weighted by atomic mass is 19.4. The largest absolute Gasteiger partial charge is 0.494 e. The van der Waals surface area contributed by atoms with Crippen molar-refractivity contribution in [1.29, 1.82) is 0 Å². The summed E-state index contributed by atoms with van der Waals surface area (Å²) in [7, 11) is 3.06. The minimum atomic E-state index is -4.57. The number of hydrogen-bond acceptors (Lipinski definition) is 6. The maximum atomic E-state index is 13.4. The summed E-state index contributed by atoms with van der Waals surface area (Å²) in [5.74, 6) is 0.0372. The molecular weight excluding hydrogens is 397 g/mol. The van der Waals surface area contributed by atoms with Gasteiger partial charge in [0.25, 0.3) is 0 Å². The lowest BCUT2D eigenvalue weighted by Gasteiger charge is -2.43. The summed E-state index contributed by atoms with van der Waals surface area (Å²) in [5, 5.41) is 5.27. The summed E-state index contributed by atoms with van der Waals surface area (Å²) in [6.07, 6.45) is -0.171. The van der Waals surface area contributed by atoms with Crippen LogP contribution in [0.2, 0.25) is 0 Å². The number of aryl methyl sites for hydroxylation is 1. The molecule has 0 bridgehead atoms. The first-order valence-corrected chi connectivity index (χ1v) is 9.74. The lowest BCUT2D eigenvalue weighted by Crippen LogP contribution is -2.53. The lowest BCUT2D eigenvalue weighted by atomic mass is 10.1. The predicted molar refractivity (Wildman–Crippen MR) is 108 cm³/mol. The van der Waals surface area contributed by atoms with E-state index >= 15 is 0 Å². The van der Waals surface area contributed by atoms with E-state index in [9.17, 15) is 13.2 Å². The van der Waals surface area contributed by atoms with E-state index in [4.69, 9.17) is 4.74 Å². The van der Waals surface area contributed by atoms with Gasteiger partial charge in [-0.1, -0.05) is 6.92 Å². The third-order valence-electron chi connectivity index (χ3n) is 5.53. The molecule has 1 saturated heterocycles. The van der Waals surface area contributed by atoms with E-state index in [1.54, 1.807) is 23.1 Å². The Bertz CT molecular complexity index is 1050. The van der Waals surface area contributed by atoms with E-state index in [2.05, 4.69) is 26.9 Å². The van der Waals surface area contributed by atoms with Gasteiger partial charge in [-0.05, 0) is 24.6 Å². The van der Waals surface area contributed by atoms with Crippen LogP contribution < -0.4 is 14.5 Å². The highest BCUT2D eigenvalue weighted by Gasteiger charge is 2.37. The fourth-order valence-corrected chi connectivity index (χ4v) is 3.99. The Morgan fingerprint density at radius 2 is 2.00 bits per heavy atom. The summed E-state index contributed by atoms with van der Waals surface area (Å²) >= 11 is 0. The predicted octanol–water partition coefficient (Wildman–Crippen LogP) is 3.50. The highest BCUT2D eigenvalue weighted by Crippen LogP contribution is 2.37. The van der Waals surface area contributed by atoms with Crippen LogP contribution in [0.1, 0.15) is 19.0 Å². The molecule has 0 amide bonds. The molecule has 10 heteroatoms. The fourth-order valence-electron chi connectivity index (χ4n) is 3.99. The molecule has 1 aliphatic rings. The van der Waals surface area contributed by atoms with Crippen LogP contribution in [0.15, 0.2) is 30.6 Å². The fraction of sp³-hybridized carbons (Fsp3) is 0.450. The number of ether oxygens (including phenoxy) is 1. The van der Waals surface area contributed by atoms with Gasteiger partial charge >= 0.3 is 6.18 Å². The third kappa shape index (κ3) is 3.50. The van der Waals surface area contributed by atoms with Crippen molar-refractivity contribution in [2.24, 2.45) is 7.05 Å². The number of rotatable bonds is 4. The number of pyridine rings is 2. The summed E-state index contributed by atoms with van der Waals surface area (Å²) < 4.78 is 46.7. The zero-order chi connectivity index (χ0) is 21.5. The number of piperazine rings is 1. The van der Waals surface area contributed by atoms with Crippen molar-refractivity contribution in [2.75, 3.05) is 36.5 Å². The molecule has 30 heavy (non-hydrogen) atoms. The van der Waals surface area contributed by atoms with Crippen molar-refractivity contribution in [2.45, 2.75) is 25.6 Å². The number of fused-ring (bicyclic) bond motifs is 1. The van der Waals surface area contributed by atoms with Gasteiger partial charge in [-0.3, -0.25) is 4.68 Å². The zero-order valence-corrected chi connectivity index (χ0v) is 17.0. The molecule has 7 nitrogen and oxygen atoms in total. The average Bonchev–Trinajstić information content (AvgIpc) is 3.13. The highest BCUT2D eigenvalue weighted by molar-refractivity contribution is 5.89. The molecule has 4 heterocycles. The number of nitrogens with zero attached hydrogens (tertiary/aromatic N) is 6. The van der Waals surface area contributed by atoms with Gasteiger partial charge in [0, 0.05) is 38.9 Å². The van der Waals surface area contributed by atoms with E-state index in [0.29, 0.717) is 25.5 Å². The molecule has 0 aromatic carbocycles. The summed E-state index contributed by atoms with van der Waals surface area (Å²) in [4.78, 5) is 12.5. The summed E-state index contributed by atoms with van der Waals surface area (Å²) in [5.41, 5.74) is 0.846. The van der Waals surface area contributed by atoms with Crippen LogP contribution in [0.25, 0.3) is 11.0 Å². The van der Waals surface area contributed by atoms with E-state index in [1.807, 2.05) is 18.0 Å². The summed E-state index contributed by atoms with van der Waals surface area (Å²) in [6, 6.07) is 5.00. The van der Waals surface area contributed by atoms with Crippen LogP contribution in [-0.2, 0) is 13.2 Å². The van der Waals surface area contributed by atoms with Crippen LogP contribution >= 0.6 is 0 Å². The van der Waals surface area contributed by atoms with Crippen molar-refractivity contribution in [3.63, 3.8) is 0 Å². The Hall–Kier alpha value is -3.04. The van der Waals surface area contributed by atoms with E-state index < -0.39 is 11.9 Å². The van der Waals surface area contributed by atoms with Crippen LogP contribution in [0.4, 0.5) is 24.7 Å². The van der Waals surface area contributed by atoms with E-state index in [0.717, 1.165) is 23.1 Å². The van der Waals surface area contributed by atoms with E-state index in [-0.39, 0.29) is 11.8 Å². The maximum absolute atomic E-state index is 13.4. The first kappa shape index (κ1) is 20.2. The second-order valence-electron chi connectivity index (χ2n) is 7.26. The van der Waals surface area contributed by atoms with Crippen LogP contribution in [0.3, 0.4) is 0 Å². The van der Waals surface area contributed by atoms with E-state index in [1.165, 1.54) is 13.2 Å². The molecule has 0 unspecified atom stereocenters. The van der Waals surface area contributed by atoms with Crippen molar-refractivity contribution < 1.29 is 17.9 Å². The number of anilines is 2. The lowest BCUT2D eigenvalue weighted by molar-refractivity contribution is -0.142. The minimum Gasteiger partial charge on any atom is -0.494 e. The van der Waals surface area contributed by atoms with Crippen LogP contribution in [0.5, 0.6) is 5.75 Å². The van der Waals surface area contributed by atoms with Crippen molar-refractivity contribution in [3.05, 3.63) is 36.3 Å². The van der Waals surface area contributed by atoms with Gasteiger partial charge < -0.3 is 14.5 Å². The van der Waals surface area contributed by atoms with Gasteiger partial charge in [0.1, 0.15) is 11.6 Å². The number of aromatic nitrogens is 4. The van der Waals surface area contributed by atoms with Gasteiger partial charge in [0.05, 0.1) is 24.4 Å². The molecular formula is C20H23F3N6O. The molecule has 1 aliphatic heterocycles. The normalized spacial score (nSPS) is 17.6. The average molecular weight is 420 g/mol. The van der Waals surface area contributed by atoms with Crippen LogP contribution in [-0.4, -0.2) is 52.5 Å². The van der Waals surface area contributed by atoms with Crippen molar-refractivity contribution >= 4 is 22.5 Å². The Balaban J connectivity index is 1.63. The topological polar surface area (TPSA) is 59.3 Å². The molecule has 0 aliphatic carbocycles. The Morgan fingerprint density at radius 3 is 2.70 bits per heavy atom. The molecule has 0 spiro atoms. The van der Waals surface area contributed by atoms with Gasteiger partial charge in [0.15, 0.2) is 11.3 Å². The van der Waals surface area contributed by atoms with Crippen molar-refractivity contribution in [1.82, 2.24) is 19.7 Å². The molecule has 0 N–H and O–H groups in total. The van der Waals surface area contributed by atoms with Crippen molar-refractivity contribution in [3.8, 4) is 5.75 Å². The molecule has 1 atom stereocenters. The molecule has 4 rings (SSSR count). The first-order chi connectivity index (χ1) is 14.3.